The third kappa shape index (κ3) is 4.44. The van der Waals surface area contributed by atoms with E-state index < -0.39 is 0 Å². The van der Waals surface area contributed by atoms with E-state index in [0.717, 1.165) is 31.6 Å². The van der Waals surface area contributed by atoms with Crippen molar-refractivity contribution in [2.75, 3.05) is 27.2 Å². The second-order valence-electron chi connectivity index (χ2n) is 6.79. The predicted molar refractivity (Wildman–Crippen MR) is 104 cm³/mol. The Morgan fingerprint density at radius 3 is 2.54 bits per heavy atom. The smallest absolute Gasteiger partial charge is 0.249 e. The van der Waals surface area contributed by atoms with Gasteiger partial charge in [-0.3, -0.25) is 14.5 Å². The molecule has 1 heterocycles. The zero-order valence-corrected chi connectivity index (χ0v) is 16.0. The maximum absolute atomic E-state index is 12.8. The number of carbonyl (C=O) groups is 1. The van der Waals surface area contributed by atoms with E-state index in [-0.39, 0.29) is 17.7 Å². The molecule has 2 aromatic carbocycles. The molecule has 5 heteroatoms. The summed E-state index contributed by atoms with van der Waals surface area (Å²) in [6, 6.07) is 18.3. The van der Waals surface area contributed by atoms with E-state index in [2.05, 4.69) is 29.2 Å². The Morgan fingerprint density at radius 2 is 1.88 bits per heavy atom. The lowest BCUT2D eigenvalue weighted by Gasteiger charge is -2.39. The number of benzene rings is 2. The van der Waals surface area contributed by atoms with Gasteiger partial charge >= 0.3 is 0 Å². The Balaban J connectivity index is 1.81. The highest BCUT2D eigenvalue weighted by Crippen LogP contribution is 2.35. The third-order valence-corrected chi connectivity index (χ3v) is 5.40. The van der Waals surface area contributed by atoms with Crippen molar-refractivity contribution in [2.45, 2.75) is 18.9 Å². The van der Waals surface area contributed by atoms with Gasteiger partial charge < -0.3 is 0 Å². The molecule has 138 valence electrons. The fourth-order valence-corrected chi connectivity index (χ4v) is 3.80. The van der Waals surface area contributed by atoms with Gasteiger partial charge in [-0.15, -0.1) is 0 Å². The third-order valence-electron chi connectivity index (χ3n) is 5.15. The van der Waals surface area contributed by atoms with Crippen LogP contribution in [-0.2, 0) is 16.2 Å². The van der Waals surface area contributed by atoms with Crippen LogP contribution in [0.5, 0.6) is 0 Å². The quantitative estimate of drug-likeness (QED) is 0.744. The van der Waals surface area contributed by atoms with E-state index in [1.165, 1.54) is 17.7 Å². The van der Waals surface area contributed by atoms with E-state index in [4.69, 9.17) is 16.4 Å². The number of piperidine rings is 1. The van der Waals surface area contributed by atoms with Crippen LogP contribution in [0.1, 0.15) is 23.5 Å². The number of hydrogen-bond donors (Lipinski definition) is 0. The monoisotopic (exact) mass is 372 g/mol. The number of hydroxylamine groups is 2. The van der Waals surface area contributed by atoms with Crippen LogP contribution in [0.4, 0.5) is 0 Å². The highest BCUT2D eigenvalue weighted by Gasteiger charge is 2.36. The molecule has 1 unspecified atom stereocenters. The summed E-state index contributed by atoms with van der Waals surface area (Å²) in [4.78, 5) is 20.4. The van der Waals surface area contributed by atoms with Crippen molar-refractivity contribution in [3.05, 3.63) is 70.7 Å². The summed E-state index contributed by atoms with van der Waals surface area (Å²) in [5.74, 6) is 0.0646. The number of hydrogen-bond acceptors (Lipinski definition) is 3. The molecular weight excluding hydrogens is 348 g/mol. The van der Waals surface area contributed by atoms with Crippen LogP contribution in [0.25, 0.3) is 0 Å². The van der Waals surface area contributed by atoms with Crippen LogP contribution in [-0.4, -0.2) is 43.1 Å². The van der Waals surface area contributed by atoms with Crippen molar-refractivity contribution in [2.24, 2.45) is 5.92 Å². The van der Waals surface area contributed by atoms with Crippen LogP contribution >= 0.6 is 11.6 Å². The summed E-state index contributed by atoms with van der Waals surface area (Å²) in [6.07, 6.45) is 0.812. The predicted octanol–water partition coefficient (Wildman–Crippen LogP) is 3.97. The second-order valence-corrected chi connectivity index (χ2v) is 7.23. The average Bonchev–Trinajstić information content (AvgIpc) is 2.68. The molecule has 1 aliphatic rings. The summed E-state index contributed by atoms with van der Waals surface area (Å²) in [5.41, 5.74) is 2.44. The second kappa shape index (κ2) is 8.67. The molecule has 0 saturated carbocycles. The Morgan fingerprint density at radius 1 is 1.19 bits per heavy atom. The van der Waals surface area contributed by atoms with Crippen molar-refractivity contribution >= 4 is 17.5 Å². The van der Waals surface area contributed by atoms with E-state index in [9.17, 15) is 4.79 Å². The number of halogens is 1. The molecule has 1 aliphatic heterocycles. The molecule has 3 rings (SSSR count). The summed E-state index contributed by atoms with van der Waals surface area (Å²) >= 11 is 6.05. The Hall–Kier alpha value is -1.88. The molecule has 1 amide bonds. The van der Waals surface area contributed by atoms with Crippen molar-refractivity contribution < 1.29 is 9.63 Å². The lowest BCUT2D eigenvalue weighted by Crippen LogP contribution is -2.45. The Labute approximate surface area is 160 Å². The van der Waals surface area contributed by atoms with E-state index in [1.807, 2.05) is 30.3 Å². The summed E-state index contributed by atoms with van der Waals surface area (Å²) in [6.45, 7) is 2.63. The van der Waals surface area contributed by atoms with Crippen LogP contribution in [0.2, 0.25) is 5.02 Å². The molecule has 0 radical (unpaired) electrons. The number of carbonyl (C=O) groups excluding carboxylic acids is 1. The van der Waals surface area contributed by atoms with E-state index >= 15 is 0 Å². The minimum absolute atomic E-state index is 0.0341. The molecule has 0 aliphatic carbocycles. The lowest BCUT2D eigenvalue weighted by atomic mass is 9.80. The van der Waals surface area contributed by atoms with Crippen LogP contribution in [0.3, 0.4) is 0 Å². The fraction of sp³-hybridized carbons (Fsp3) is 0.381. The summed E-state index contributed by atoms with van der Waals surface area (Å²) in [7, 11) is 3.21. The highest BCUT2D eigenvalue weighted by atomic mass is 35.5. The van der Waals surface area contributed by atoms with Gasteiger partial charge in [-0.1, -0.05) is 54.1 Å². The summed E-state index contributed by atoms with van der Waals surface area (Å²) < 4.78 is 0. The zero-order valence-electron chi connectivity index (χ0n) is 15.3. The maximum atomic E-state index is 12.8. The molecule has 1 fully saturated rings. The first kappa shape index (κ1) is 18.9. The minimum atomic E-state index is -0.0897. The lowest BCUT2D eigenvalue weighted by molar-refractivity contribution is -0.175. The van der Waals surface area contributed by atoms with Crippen molar-refractivity contribution in [3.63, 3.8) is 0 Å². The van der Waals surface area contributed by atoms with Gasteiger partial charge in [-0.2, -0.15) is 0 Å². The van der Waals surface area contributed by atoms with Gasteiger partial charge in [0.25, 0.3) is 0 Å². The number of nitrogens with zero attached hydrogens (tertiary/aromatic N) is 2. The van der Waals surface area contributed by atoms with Gasteiger partial charge in [0.2, 0.25) is 5.91 Å². The van der Waals surface area contributed by atoms with Gasteiger partial charge in [-0.05, 0) is 36.2 Å². The van der Waals surface area contributed by atoms with E-state index in [0.29, 0.717) is 5.02 Å². The first-order valence-corrected chi connectivity index (χ1v) is 9.29. The molecule has 1 saturated heterocycles. The first-order valence-electron chi connectivity index (χ1n) is 8.92. The fourth-order valence-electron chi connectivity index (χ4n) is 3.67. The molecule has 0 spiro atoms. The zero-order chi connectivity index (χ0) is 18.5. The molecule has 2 aromatic rings. The maximum Gasteiger partial charge on any atom is 0.249 e. The number of amides is 1. The van der Waals surface area contributed by atoms with Gasteiger partial charge in [0.1, 0.15) is 0 Å². The molecule has 4 nitrogen and oxygen atoms in total. The van der Waals surface area contributed by atoms with E-state index in [1.54, 1.807) is 7.05 Å². The summed E-state index contributed by atoms with van der Waals surface area (Å²) in [5, 5.41) is 2.06. The topological polar surface area (TPSA) is 32.8 Å². The first-order chi connectivity index (χ1) is 12.6. The molecule has 0 N–H and O–H groups in total. The van der Waals surface area contributed by atoms with Crippen molar-refractivity contribution in [3.8, 4) is 0 Å². The van der Waals surface area contributed by atoms with Gasteiger partial charge in [0, 0.05) is 37.0 Å². The highest BCUT2D eigenvalue weighted by molar-refractivity contribution is 6.30. The average molecular weight is 373 g/mol. The number of likely N-dealkylation sites (tertiary alicyclic amines) is 1. The standard InChI is InChI=1S/C21H25ClN2O2/c1-23(26-2)21(25)19-12-13-24(14-16-6-4-3-5-7-16)15-20(19)17-8-10-18(22)11-9-17/h3-11,19-20H,12-15H2,1-2H3/t19-,20?/m0/s1. The minimum Gasteiger partial charge on any atom is -0.298 e. The van der Waals surface area contributed by atoms with Crippen molar-refractivity contribution in [1.82, 2.24) is 9.96 Å². The largest absolute Gasteiger partial charge is 0.298 e. The molecule has 26 heavy (non-hydrogen) atoms. The normalized spacial score (nSPS) is 20.7. The van der Waals surface area contributed by atoms with Crippen LogP contribution < -0.4 is 0 Å². The molecule has 0 bridgehead atoms. The van der Waals surface area contributed by atoms with Gasteiger partial charge in [0.15, 0.2) is 0 Å². The molecule has 2 atom stereocenters. The van der Waals surface area contributed by atoms with Crippen molar-refractivity contribution in [1.29, 1.82) is 0 Å². The molecular formula is C21H25ClN2O2. The van der Waals surface area contributed by atoms with Crippen LogP contribution in [0.15, 0.2) is 54.6 Å². The number of rotatable bonds is 5. The Kier molecular flexibility index (Phi) is 6.30. The SMILES string of the molecule is CON(C)C(=O)[C@H]1CCN(Cc2ccccc2)CC1c1ccc(Cl)cc1. The van der Waals surface area contributed by atoms with Gasteiger partial charge in [-0.25, -0.2) is 5.06 Å². The van der Waals surface area contributed by atoms with Crippen LogP contribution in [0, 0.1) is 5.92 Å². The molecule has 0 aromatic heterocycles. The Bertz CT molecular complexity index is 721. The van der Waals surface area contributed by atoms with Gasteiger partial charge in [0.05, 0.1) is 7.11 Å².